The van der Waals surface area contributed by atoms with Gasteiger partial charge in [-0.3, -0.25) is 9.59 Å². The molecule has 1 fully saturated rings. The molecule has 0 aliphatic carbocycles. The molecule has 1 aromatic carbocycles. The number of carboxylic acids is 1. The van der Waals surface area contributed by atoms with Crippen LogP contribution in [0.2, 0.25) is 0 Å². The van der Waals surface area contributed by atoms with Crippen LogP contribution in [0.25, 0.3) is 10.4 Å². The predicted octanol–water partition coefficient (Wildman–Crippen LogP) is 4.32. The van der Waals surface area contributed by atoms with Gasteiger partial charge in [0, 0.05) is 62.2 Å². The first kappa shape index (κ1) is 45.9. The van der Waals surface area contributed by atoms with Gasteiger partial charge in [0.1, 0.15) is 6.04 Å². The number of ether oxygens (including phenoxy) is 2. The summed E-state index contributed by atoms with van der Waals surface area (Å²) in [5, 5.41) is 20.4. The lowest BCUT2D eigenvalue weighted by molar-refractivity contribution is -0.145. The number of likely N-dealkylation sites (tertiary alicyclic amines) is 1. The van der Waals surface area contributed by atoms with Crippen LogP contribution in [0.1, 0.15) is 72.8 Å². The summed E-state index contributed by atoms with van der Waals surface area (Å²) in [7, 11) is 9.10. The number of benzene rings is 1. The van der Waals surface area contributed by atoms with Crippen molar-refractivity contribution in [2.75, 3.05) is 41.9 Å². The third-order valence-corrected chi connectivity index (χ3v) is 11.7. The Kier molecular flexibility index (Phi) is 19.2. The first-order chi connectivity index (χ1) is 25.1. The molecule has 5 N–H and O–H groups in total. The highest BCUT2D eigenvalue weighted by molar-refractivity contribution is 5.85. The number of hydrogen-bond donors (Lipinski definition) is 4. The normalized spacial score (nSPS) is 21.5. The topological polar surface area (TPSA) is 195 Å². The van der Waals surface area contributed by atoms with Gasteiger partial charge in [-0.05, 0) is 69.8 Å². The van der Waals surface area contributed by atoms with Gasteiger partial charge in [0.05, 0.1) is 30.6 Å². The zero-order chi connectivity index (χ0) is 40.0. The van der Waals surface area contributed by atoms with Gasteiger partial charge in [0.2, 0.25) is 11.8 Å². The Hall–Kier alpha value is -3.26. The van der Waals surface area contributed by atoms with Gasteiger partial charge in [0.15, 0.2) is 0 Å². The number of nitrogens with zero attached hydrogens (tertiary/aromatic N) is 5. The maximum atomic E-state index is 14.4. The number of carboxylic acid groups (broad SMARTS) is 1. The molecule has 1 aromatic rings. The summed E-state index contributed by atoms with van der Waals surface area (Å²) >= 11 is 0. The van der Waals surface area contributed by atoms with Crippen molar-refractivity contribution in [3.63, 3.8) is 0 Å². The van der Waals surface area contributed by atoms with Crippen LogP contribution in [0.4, 0.5) is 0 Å². The van der Waals surface area contributed by atoms with Gasteiger partial charge in [-0.2, -0.15) is 0 Å². The molecular formula is C39H68N8O6. The minimum Gasteiger partial charge on any atom is -0.480 e. The lowest BCUT2D eigenvalue weighted by atomic mass is 9.67. The van der Waals surface area contributed by atoms with Crippen LogP contribution < -0.4 is 16.4 Å². The number of nitrogens with two attached hydrogens (primary N) is 1. The van der Waals surface area contributed by atoms with Crippen molar-refractivity contribution in [1.29, 1.82) is 0 Å². The number of rotatable bonds is 23. The number of amides is 2. The Balaban J connectivity index is 2.40. The Morgan fingerprint density at radius 1 is 1.09 bits per heavy atom. The number of methoxy groups -OCH3 is 2. The highest BCUT2D eigenvalue weighted by Crippen LogP contribution is 2.38. The Bertz CT molecular complexity index is 1320. The minimum atomic E-state index is -1.12. The molecule has 1 heterocycles. The third kappa shape index (κ3) is 12.1. The first-order valence-electron chi connectivity index (χ1n) is 19.1. The van der Waals surface area contributed by atoms with E-state index in [0.29, 0.717) is 13.0 Å². The standard InChI is InChI=1S/C39H68N8O6/c1-12-23(2)33(35(42-7)34(27(6)44-45-41)24(3)36(26(5)40)46(8)9)31(52-10)22-32(48)47-20-16-19-30(47)37(53-11)25(4)38(49)43-29(39(50)51)21-28-17-14-13-15-18-28/h13-15,17-18,23-27,29-31,33-37,42H,12,16,19-22,40H2,1-11H3,(H,43,49)(H,50,51)/t23-,24?,25+,26?,27-,29-,30-,31+,33+,34+,35?,36?,37+/m0/s1. The summed E-state index contributed by atoms with van der Waals surface area (Å²) in [6.07, 6.45) is 1.35. The molecule has 0 radical (unpaired) electrons. The molecule has 2 rings (SSSR count). The molecule has 300 valence electrons. The van der Waals surface area contributed by atoms with Crippen molar-refractivity contribution >= 4 is 17.8 Å². The van der Waals surface area contributed by atoms with E-state index in [4.69, 9.17) is 15.2 Å². The fourth-order valence-electron chi connectivity index (χ4n) is 9.04. The molecule has 13 atom stereocenters. The molecule has 2 amide bonds. The second-order valence-corrected chi connectivity index (χ2v) is 15.3. The average Bonchev–Trinajstić information content (AvgIpc) is 3.60. The summed E-state index contributed by atoms with van der Waals surface area (Å²) in [5.74, 6) is -2.53. The molecule has 0 saturated carbocycles. The molecule has 0 spiro atoms. The number of likely N-dealkylation sites (N-methyl/N-ethyl adjacent to an activating group) is 1. The quantitative estimate of drug-likeness (QED) is 0.0717. The highest BCUT2D eigenvalue weighted by Gasteiger charge is 2.46. The van der Waals surface area contributed by atoms with Crippen molar-refractivity contribution in [2.24, 2.45) is 40.4 Å². The van der Waals surface area contributed by atoms with Crippen LogP contribution in [-0.2, 0) is 30.3 Å². The Labute approximate surface area is 317 Å². The van der Waals surface area contributed by atoms with Gasteiger partial charge >= 0.3 is 5.97 Å². The Morgan fingerprint density at radius 3 is 2.23 bits per heavy atom. The number of carbonyl (C=O) groups excluding carboxylic acids is 2. The third-order valence-electron chi connectivity index (χ3n) is 11.7. The van der Waals surface area contributed by atoms with E-state index in [1.165, 1.54) is 7.11 Å². The zero-order valence-electron chi connectivity index (χ0n) is 33.9. The van der Waals surface area contributed by atoms with E-state index in [1.54, 1.807) is 14.0 Å². The zero-order valence-corrected chi connectivity index (χ0v) is 33.9. The second kappa shape index (κ2) is 22.2. The van der Waals surface area contributed by atoms with Crippen LogP contribution >= 0.6 is 0 Å². The molecule has 4 unspecified atom stereocenters. The molecule has 1 saturated heterocycles. The molecule has 14 nitrogen and oxygen atoms in total. The van der Waals surface area contributed by atoms with E-state index in [2.05, 4.69) is 46.3 Å². The number of aliphatic carboxylic acids is 1. The first-order valence-corrected chi connectivity index (χ1v) is 19.1. The van der Waals surface area contributed by atoms with Crippen molar-refractivity contribution < 1.29 is 29.0 Å². The summed E-state index contributed by atoms with van der Waals surface area (Å²) < 4.78 is 12.1. The van der Waals surface area contributed by atoms with E-state index in [9.17, 15) is 25.0 Å². The average molecular weight is 745 g/mol. The highest BCUT2D eigenvalue weighted by atomic mass is 16.5. The molecule has 1 aliphatic rings. The minimum absolute atomic E-state index is 0.00737. The molecular weight excluding hydrogens is 676 g/mol. The van der Waals surface area contributed by atoms with E-state index in [1.807, 2.05) is 70.2 Å². The lowest BCUT2D eigenvalue weighted by Gasteiger charge is -2.47. The maximum absolute atomic E-state index is 14.4. The number of azide groups is 1. The molecule has 53 heavy (non-hydrogen) atoms. The van der Waals surface area contributed by atoms with Crippen LogP contribution in [0, 0.1) is 29.6 Å². The Morgan fingerprint density at radius 2 is 1.74 bits per heavy atom. The molecule has 0 aromatic heterocycles. The fraction of sp³-hybridized carbons (Fsp3) is 0.769. The van der Waals surface area contributed by atoms with E-state index >= 15 is 0 Å². The molecule has 14 heteroatoms. The van der Waals surface area contributed by atoms with E-state index in [0.717, 1.165) is 18.4 Å². The van der Waals surface area contributed by atoms with Gasteiger partial charge in [-0.1, -0.05) is 76.5 Å². The fourth-order valence-corrected chi connectivity index (χ4v) is 9.04. The van der Waals surface area contributed by atoms with Gasteiger partial charge in [0.25, 0.3) is 0 Å². The summed E-state index contributed by atoms with van der Waals surface area (Å²) in [6.45, 7) is 12.6. The smallest absolute Gasteiger partial charge is 0.326 e. The number of carbonyl (C=O) groups is 3. The van der Waals surface area contributed by atoms with Crippen molar-refractivity contribution in [3.8, 4) is 0 Å². The van der Waals surface area contributed by atoms with Gasteiger partial charge in [-0.15, -0.1) is 0 Å². The van der Waals surface area contributed by atoms with Crippen LogP contribution in [0.5, 0.6) is 0 Å². The van der Waals surface area contributed by atoms with Crippen LogP contribution in [-0.4, -0.2) is 123 Å². The van der Waals surface area contributed by atoms with Crippen LogP contribution in [0.3, 0.4) is 0 Å². The SMILES string of the molecule is CC[C@H](C)[C@@H](C(NC)[C@H](C(C)C(C(C)N)N(C)C)[C@H](C)N=[N+]=[N-])[C@@H](CC(=O)N1CCC[C@H]1[C@H](OC)[C@@H](C)C(=O)N[C@@H](Cc1ccccc1)C(=O)O)OC. The summed E-state index contributed by atoms with van der Waals surface area (Å²) in [6, 6.07) is 6.95. The monoisotopic (exact) mass is 745 g/mol. The van der Waals surface area contributed by atoms with Crippen LogP contribution in [0.15, 0.2) is 35.4 Å². The molecule has 1 aliphatic heterocycles. The number of nitrogens with one attached hydrogen (secondary N) is 2. The van der Waals surface area contributed by atoms with Crippen molar-refractivity contribution in [1.82, 2.24) is 20.4 Å². The van der Waals surface area contributed by atoms with Crippen molar-refractivity contribution in [2.45, 2.75) is 122 Å². The summed E-state index contributed by atoms with van der Waals surface area (Å²) in [4.78, 5) is 47.1. The van der Waals surface area contributed by atoms with Gasteiger partial charge < -0.3 is 40.7 Å². The van der Waals surface area contributed by atoms with Crippen molar-refractivity contribution in [3.05, 3.63) is 46.3 Å². The van der Waals surface area contributed by atoms with E-state index in [-0.39, 0.29) is 72.6 Å². The lowest BCUT2D eigenvalue weighted by Crippen LogP contribution is -2.58. The predicted molar refractivity (Wildman–Crippen MR) is 208 cm³/mol. The number of hydrogen-bond acceptors (Lipinski definition) is 9. The largest absolute Gasteiger partial charge is 0.480 e. The maximum Gasteiger partial charge on any atom is 0.326 e. The van der Waals surface area contributed by atoms with Gasteiger partial charge in [-0.25, -0.2) is 4.79 Å². The summed E-state index contributed by atoms with van der Waals surface area (Å²) in [5.41, 5.74) is 16.9. The van der Waals surface area contributed by atoms with E-state index < -0.39 is 36.0 Å². The molecule has 0 bridgehead atoms. The second-order valence-electron chi connectivity index (χ2n) is 15.3.